The Morgan fingerprint density at radius 3 is 2.69 bits per heavy atom. The summed E-state index contributed by atoms with van der Waals surface area (Å²) >= 11 is 1.36. The Morgan fingerprint density at radius 2 is 2.25 bits per heavy atom. The third-order valence-corrected chi connectivity index (χ3v) is 3.88. The van der Waals surface area contributed by atoms with Gasteiger partial charge in [-0.25, -0.2) is 4.39 Å². The van der Waals surface area contributed by atoms with E-state index in [9.17, 15) is 9.18 Å². The normalized spacial score (nSPS) is 17.1. The fraction of sp³-hybridized carbons (Fsp3) is 0.417. The first kappa shape index (κ1) is 11.5. The molecule has 0 unspecified atom stereocenters. The number of halogens is 1. The molecule has 86 valence electrons. The highest BCUT2D eigenvalue weighted by molar-refractivity contribution is 7.98. The molecular formula is C12H13FO2S. The average molecular weight is 240 g/mol. The first-order valence-corrected chi connectivity index (χ1v) is 6.36. The summed E-state index contributed by atoms with van der Waals surface area (Å²) in [5.74, 6) is -1.06. The zero-order valence-corrected chi connectivity index (χ0v) is 9.81. The molecule has 0 bridgehead atoms. The molecule has 1 fully saturated rings. The second-order valence-electron chi connectivity index (χ2n) is 4.20. The van der Waals surface area contributed by atoms with Crippen LogP contribution < -0.4 is 0 Å². The van der Waals surface area contributed by atoms with Gasteiger partial charge in [0.25, 0.3) is 0 Å². The van der Waals surface area contributed by atoms with E-state index in [1.807, 2.05) is 12.3 Å². The number of aliphatic carboxylic acids is 1. The highest BCUT2D eigenvalue weighted by Gasteiger charge is 2.46. The van der Waals surface area contributed by atoms with E-state index in [4.69, 9.17) is 5.11 Å². The summed E-state index contributed by atoms with van der Waals surface area (Å²) in [6.07, 6.45) is 3.61. The van der Waals surface area contributed by atoms with Gasteiger partial charge in [-0.15, -0.1) is 11.8 Å². The molecule has 4 heteroatoms. The van der Waals surface area contributed by atoms with E-state index < -0.39 is 5.97 Å². The van der Waals surface area contributed by atoms with E-state index in [2.05, 4.69) is 0 Å². The lowest BCUT2D eigenvalue weighted by Gasteiger charge is -2.13. The Hall–Kier alpha value is -1.03. The van der Waals surface area contributed by atoms with Crippen molar-refractivity contribution in [1.29, 1.82) is 0 Å². The molecule has 1 aromatic carbocycles. The molecule has 2 nitrogen and oxygen atoms in total. The summed E-state index contributed by atoms with van der Waals surface area (Å²) in [7, 11) is 0. The summed E-state index contributed by atoms with van der Waals surface area (Å²) in [6, 6.07) is 5.07. The van der Waals surface area contributed by atoms with Gasteiger partial charge in [0.15, 0.2) is 0 Å². The molecule has 0 aromatic heterocycles. The topological polar surface area (TPSA) is 37.3 Å². The highest BCUT2D eigenvalue weighted by atomic mass is 32.2. The van der Waals surface area contributed by atoms with Gasteiger partial charge in [0.2, 0.25) is 0 Å². The number of hydrogen-bond acceptors (Lipinski definition) is 2. The van der Waals surface area contributed by atoms with E-state index in [1.54, 1.807) is 6.07 Å². The number of carboxylic acid groups (broad SMARTS) is 1. The van der Waals surface area contributed by atoms with E-state index >= 15 is 0 Å². The quantitative estimate of drug-likeness (QED) is 0.822. The van der Waals surface area contributed by atoms with Gasteiger partial charge in [0, 0.05) is 10.3 Å². The van der Waals surface area contributed by atoms with E-state index in [1.165, 1.54) is 17.8 Å². The minimum absolute atomic E-state index is 0.102. The SMILES string of the molecule is CSc1ccc(C2(CC(=O)O)CC2)cc1F. The predicted octanol–water partition coefficient (Wildman–Crippen LogP) is 3.05. The Morgan fingerprint density at radius 1 is 1.56 bits per heavy atom. The zero-order chi connectivity index (χ0) is 11.8. The van der Waals surface area contributed by atoms with Gasteiger partial charge < -0.3 is 5.11 Å². The molecule has 16 heavy (non-hydrogen) atoms. The minimum atomic E-state index is -0.813. The third kappa shape index (κ3) is 2.07. The average Bonchev–Trinajstić information content (AvgIpc) is 2.98. The molecular weight excluding hydrogens is 227 g/mol. The standard InChI is InChI=1S/C12H13FO2S/c1-16-10-3-2-8(6-9(10)13)12(4-5-12)7-11(14)15/h2-3,6H,4-5,7H2,1H3,(H,14,15). The van der Waals surface area contributed by atoms with Crippen molar-refractivity contribution in [3.05, 3.63) is 29.6 Å². The van der Waals surface area contributed by atoms with Crippen molar-refractivity contribution < 1.29 is 14.3 Å². The first-order chi connectivity index (χ1) is 7.57. The van der Waals surface area contributed by atoms with Crippen molar-refractivity contribution in [1.82, 2.24) is 0 Å². The maximum Gasteiger partial charge on any atom is 0.304 e. The van der Waals surface area contributed by atoms with Crippen LogP contribution in [-0.4, -0.2) is 17.3 Å². The number of hydrogen-bond donors (Lipinski definition) is 1. The molecule has 0 aliphatic heterocycles. The smallest absolute Gasteiger partial charge is 0.304 e. The van der Waals surface area contributed by atoms with Gasteiger partial charge in [-0.2, -0.15) is 0 Å². The Bertz CT molecular complexity index is 427. The molecule has 0 heterocycles. The van der Waals surface area contributed by atoms with Gasteiger partial charge in [0.1, 0.15) is 5.82 Å². The molecule has 2 rings (SSSR count). The van der Waals surface area contributed by atoms with Crippen LogP contribution >= 0.6 is 11.8 Å². The Labute approximate surface area is 97.9 Å². The van der Waals surface area contributed by atoms with Crippen molar-refractivity contribution >= 4 is 17.7 Å². The predicted molar refractivity (Wildman–Crippen MR) is 61.3 cm³/mol. The van der Waals surface area contributed by atoms with Crippen LogP contribution in [0.3, 0.4) is 0 Å². The van der Waals surface area contributed by atoms with Crippen LogP contribution in [0, 0.1) is 5.82 Å². The number of carboxylic acids is 1. The van der Waals surface area contributed by atoms with Gasteiger partial charge >= 0.3 is 5.97 Å². The lowest BCUT2D eigenvalue weighted by atomic mass is 9.92. The first-order valence-electron chi connectivity index (χ1n) is 5.13. The summed E-state index contributed by atoms with van der Waals surface area (Å²) in [6.45, 7) is 0. The molecule has 0 amide bonds. The number of benzene rings is 1. The van der Waals surface area contributed by atoms with Crippen LogP contribution in [0.1, 0.15) is 24.8 Å². The fourth-order valence-corrected chi connectivity index (χ4v) is 2.46. The van der Waals surface area contributed by atoms with Crippen LogP contribution in [0.15, 0.2) is 23.1 Å². The van der Waals surface area contributed by atoms with Crippen LogP contribution in [-0.2, 0) is 10.2 Å². The fourth-order valence-electron chi connectivity index (χ4n) is 2.00. The molecule has 0 saturated heterocycles. The van der Waals surface area contributed by atoms with Crippen molar-refractivity contribution in [2.75, 3.05) is 6.26 Å². The van der Waals surface area contributed by atoms with E-state index in [-0.39, 0.29) is 17.7 Å². The summed E-state index contributed by atoms with van der Waals surface area (Å²) in [4.78, 5) is 11.3. The summed E-state index contributed by atoms with van der Waals surface area (Å²) in [5, 5.41) is 8.82. The zero-order valence-electron chi connectivity index (χ0n) is 9.00. The second-order valence-corrected chi connectivity index (χ2v) is 5.05. The van der Waals surface area contributed by atoms with Crippen molar-refractivity contribution in [2.24, 2.45) is 0 Å². The van der Waals surface area contributed by atoms with Gasteiger partial charge in [-0.3, -0.25) is 4.79 Å². The molecule has 1 N–H and O–H groups in total. The maximum absolute atomic E-state index is 13.6. The Balaban J connectivity index is 2.28. The lowest BCUT2D eigenvalue weighted by molar-refractivity contribution is -0.137. The number of carbonyl (C=O) groups is 1. The van der Waals surface area contributed by atoms with Crippen molar-refractivity contribution in [3.8, 4) is 0 Å². The molecule has 1 aliphatic rings. The van der Waals surface area contributed by atoms with Crippen LogP contribution in [0.4, 0.5) is 4.39 Å². The summed E-state index contributed by atoms with van der Waals surface area (Å²) < 4.78 is 13.6. The third-order valence-electron chi connectivity index (χ3n) is 3.11. The highest BCUT2D eigenvalue weighted by Crippen LogP contribution is 2.51. The number of thioether (sulfide) groups is 1. The molecule has 1 aliphatic carbocycles. The van der Waals surface area contributed by atoms with Gasteiger partial charge in [-0.1, -0.05) is 6.07 Å². The van der Waals surface area contributed by atoms with Crippen molar-refractivity contribution in [2.45, 2.75) is 29.6 Å². The van der Waals surface area contributed by atoms with Crippen LogP contribution in [0.2, 0.25) is 0 Å². The van der Waals surface area contributed by atoms with Gasteiger partial charge in [0.05, 0.1) is 6.42 Å². The minimum Gasteiger partial charge on any atom is -0.481 e. The molecule has 1 aromatic rings. The molecule has 1 saturated carbocycles. The van der Waals surface area contributed by atoms with E-state index in [0.29, 0.717) is 4.90 Å². The van der Waals surface area contributed by atoms with Crippen LogP contribution in [0.5, 0.6) is 0 Å². The second kappa shape index (κ2) is 4.09. The van der Waals surface area contributed by atoms with Crippen molar-refractivity contribution in [3.63, 3.8) is 0 Å². The van der Waals surface area contributed by atoms with Crippen LogP contribution in [0.25, 0.3) is 0 Å². The van der Waals surface area contributed by atoms with Gasteiger partial charge in [-0.05, 0) is 36.8 Å². The maximum atomic E-state index is 13.6. The Kier molecular flexibility index (Phi) is 2.93. The lowest BCUT2D eigenvalue weighted by Crippen LogP contribution is -2.13. The molecule has 0 spiro atoms. The largest absolute Gasteiger partial charge is 0.481 e. The summed E-state index contributed by atoms with van der Waals surface area (Å²) in [5.41, 5.74) is 0.522. The molecule has 0 radical (unpaired) electrons. The number of rotatable bonds is 4. The monoisotopic (exact) mass is 240 g/mol. The molecule has 0 atom stereocenters. The van der Waals surface area contributed by atoms with E-state index in [0.717, 1.165) is 18.4 Å².